The van der Waals surface area contributed by atoms with E-state index in [0.29, 0.717) is 6.04 Å². The minimum atomic E-state index is 0.0294. The fourth-order valence-corrected chi connectivity index (χ4v) is 2.06. The van der Waals surface area contributed by atoms with Gasteiger partial charge in [-0.3, -0.25) is 4.98 Å². The van der Waals surface area contributed by atoms with E-state index in [9.17, 15) is 5.11 Å². The van der Waals surface area contributed by atoms with Gasteiger partial charge in [-0.15, -0.1) is 0 Å². The molecule has 1 saturated heterocycles. The van der Waals surface area contributed by atoms with E-state index in [1.165, 1.54) is 0 Å². The van der Waals surface area contributed by atoms with Crippen molar-refractivity contribution in [3.63, 3.8) is 0 Å². The highest BCUT2D eigenvalue weighted by Gasteiger charge is 2.24. The Hall–Kier alpha value is -1.13. The SMILES string of the molecule is CC1CN(c2ccncc2CO)C(C)CO1. The molecule has 0 amide bonds. The average molecular weight is 222 g/mol. The maximum absolute atomic E-state index is 9.30. The maximum atomic E-state index is 9.30. The van der Waals surface area contributed by atoms with Gasteiger partial charge < -0.3 is 14.7 Å². The molecule has 0 aliphatic carbocycles. The molecule has 0 saturated carbocycles. The number of hydrogen-bond donors (Lipinski definition) is 1. The zero-order valence-electron chi connectivity index (χ0n) is 9.76. The first-order chi connectivity index (χ1) is 7.72. The lowest BCUT2D eigenvalue weighted by Crippen LogP contribution is -2.47. The minimum Gasteiger partial charge on any atom is -0.392 e. The van der Waals surface area contributed by atoms with Crippen LogP contribution in [0.4, 0.5) is 5.69 Å². The lowest BCUT2D eigenvalue weighted by atomic mass is 10.1. The first kappa shape index (κ1) is 11.4. The molecular weight excluding hydrogens is 204 g/mol. The number of ether oxygens (including phenoxy) is 1. The van der Waals surface area contributed by atoms with Gasteiger partial charge in [-0.2, -0.15) is 0 Å². The van der Waals surface area contributed by atoms with Crippen LogP contribution in [0.3, 0.4) is 0 Å². The topological polar surface area (TPSA) is 45.6 Å². The summed E-state index contributed by atoms with van der Waals surface area (Å²) < 4.78 is 5.60. The van der Waals surface area contributed by atoms with Crippen molar-refractivity contribution in [2.24, 2.45) is 0 Å². The van der Waals surface area contributed by atoms with Crippen molar-refractivity contribution in [3.05, 3.63) is 24.0 Å². The number of morpholine rings is 1. The highest BCUT2D eigenvalue weighted by Crippen LogP contribution is 2.24. The number of rotatable bonds is 2. The molecule has 1 fully saturated rings. The molecule has 1 aromatic heterocycles. The summed E-state index contributed by atoms with van der Waals surface area (Å²) in [7, 11) is 0. The Balaban J connectivity index is 2.27. The second kappa shape index (κ2) is 4.80. The van der Waals surface area contributed by atoms with Crippen LogP contribution >= 0.6 is 0 Å². The first-order valence-corrected chi connectivity index (χ1v) is 5.64. The Bertz CT molecular complexity index is 357. The predicted molar refractivity (Wildman–Crippen MR) is 62.4 cm³/mol. The monoisotopic (exact) mass is 222 g/mol. The van der Waals surface area contributed by atoms with Crippen LogP contribution in [0.25, 0.3) is 0 Å². The highest BCUT2D eigenvalue weighted by molar-refractivity contribution is 5.53. The summed E-state index contributed by atoms with van der Waals surface area (Å²) in [5, 5.41) is 9.30. The normalized spacial score (nSPS) is 25.8. The van der Waals surface area contributed by atoms with Crippen molar-refractivity contribution >= 4 is 5.69 Å². The van der Waals surface area contributed by atoms with Gasteiger partial charge in [0.05, 0.1) is 19.3 Å². The van der Waals surface area contributed by atoms with Gasteiger partial charge in [-0.1, -0.05) is 0 Å². The molecule has 0 bridgehead atoms. The van der Waals surface area contributed by atoms with E-state index < -0.39 is 0 Å². The summed E-state index contributed by atoms with van der Waals surface area (Å²) in [6, 6.07) is 2.30. The van der Waals surface area contributed by atoms with E-state index in [1.807, 2.05) is 6.07 Å². The standard InChI is InChI=1S/C12H18N2O2/c1-9-8-16-10(2)6-14(9)12-3-4-13-5-11(12)7-15/h3-5,9-10,15H,6-8H2,1-2H3. The van der Waals surface area contributed by atoms with E-state index in [1.54, 1.807) is 12.4 Å². The Morgan fingerprint density at radius 1 is 1.56 bits per heavy atom. The molecule has 1 aliphatic rings. The summed E-state index contributed by atoms with van der Waals surface area (Å²) in [5.74, 6) is 0. The second-order valence-corrected chi connectivity index (χ2v) is 4.31. The van der Waals surface area contributed by atoms with E-state index in [0.717, 1.165) is 24.4 Å². The van der Waals surface area contributed by atoms with Crippen molar-refractivity contribution in [1.82, 2.24) is 4.98 Å². The third-order valence-electron chi connectivity index (χ3n) is 2.97. The van der Waals surface area contributed by atoms with Crippen LogP contribution in [-0.4, -0.2) is 35.4 Å². The minimum absolute atomic E-state index is 0.0294. The molecule has 0 radical (unpaired) electrons. The van der Waals surface area contributed by atoms with Crippen LogP contribution in [0.15, 0.2) is 18.5 Å². The summed E-state index contributed by atoms with van der Waals surface area (Å²) in [4.78, 5) is 6.32. The molecule has 1 aromatic rings. The van der Waals surface area contributed by atoms with Gasteiger partial charge in [-0.05, 0) is 19.9 Å². The van der Waals surface area contributed by atoms with Crippen molar-refractivity contribution in [2.45, 2.75) is 32.6 Å². The van der Waals surface area contributed by atoms with E-state index in [-0.39, 0.29) is 12.7 Å². The summed E-state index contributed by atoms with van der Waals surface area (Å²) in [5.41, 5.74) is 1.95. The van der Waals surface area contributed by atoms with Crippen molar-refractivity contribution in [2.75, 3.05) is 18.1 Å². The lowest BCUT2D eigenvalue weighted by molar-refractivity contribution is 0.0342. The molecule has 4 nitrogen and oxygen atoms in total. The number of aliphatic hydroxyl groups is 1. The van der Waals surface area contributed by atoms with Crippen molar-refractivity contribution < 1.29 is 9.84 Å². The van der Waals surface area contributed by atoms with Gasteiger partial charge in [0, 0.05) is 36.2 Å². The van der Waals surface area contributed by atoms with Crippen molar-refractivity contribution in [1.29, 1.82) is 0 Å². The number of hydrogen-bond acceptors (Lipinski definition) is 4. The Kier molecular flexibility index (Phi) is 3.41. The Labute approximate surface area is 95.9 Å². The van der Waals surface area contributed by atoms with E-state index >= 15 is 0 Å². The lowest BCUT2D eigenvalue weighted by Gasteiger charge is -2.39. The molecule has 0 aromatic carbocycles. The van der Waals surface area contributed by atoms with Crippen LogP contribution in [0.2, 0.25) is 0 Å². The number of aliphatic hydroxyl groups excluding tert-OH is 1. The number of anilines is 1. The van der Waals surface area contributed by atoms with Gasteiger partial charge in [0.2, 0.25) is 0 Å². The third-order valence-corrected chi connectivity index (χ3v) is 2.97. The van der Waals surface area contributed by atoms with Gasteiger partial charge in [0.25, 0.3) is 0 Å². The van der Waals surface area contributed by atoms with Crippen LogP contribution in [-0.2, 0) is 11.3 Å². The van der Waals surface area contributed by atoms with E-state index in [4.69, 9.17) is 4.74 Å². The van der Waals surface area contributed by atoms with E-state index in [2.05, 4.69) is 23.7 Å². The van der Waals surface area contributed by atoms with Gasteiger partial charge in [0.1, 0.15) is 0 Å². The van der Waals surface area contributed by atoms with Crippen LogP contribution in [0.5, 0.6) is 0 Å². The summed E-state index contributed by atoms with van der Waals surface area (Å²) in [6.07, 6.45) is 3.72. The molecular formula is C12H18N2O2. The van der Waals surface area contributed by atoms with Crippen LogP contribution in [0.1, 0.15) is 19.4 Å². The predicted octanol–water partition coefficient (Wildman–Crippen LogP) is 1.19. The fourth-order valence-electron chi connectivity index (χ4n) is 2.06. The first-order valence-electron chi connectivity index (χ1n) is 5.64. The quantitative estimate of drug-likeness (QED) is 0.816. The Morgan fingerprint density at radius 2 is 2.38 bits per heavy atom. The van der Waals surface area contributed by atoms with Gasteiger partial charge in [0.15, 0.2) is 0 Å². The summed E-state index contributed by atoms with van der Waals surface area (Å²) >= 11 is 0. The van der Waals surface area contributed by atoms with Crippen LogP contribution in [0, 0.1) is 0 Å². The molecule has 2 rings (SSSR count). The number of nitrogens with zero attached hydrogens (tertiary/aromatic N) is 2. The zero-order chi connectivity index (χ0) is 11.5. The smallest absolute Gasteiger partial charge is 0.0723 e. The molecule has 1 aliphatic heterocycles. The number of aromatic nitrogens is 1. The summed E-state index contributed by atoms with van der Waals surface area (Å²) in [6.45, 7) is 5.82. The molecule has 0 spiro atoms. The maximum Gasteiger partial charge on any atom is 0.0723 e. The molecule has 2 heterocycles. The second-order valence-electron chi connectivity index (χ2n) is 4.31. The molecule has 1 N–H and O–H groups in total. The zero-order valence-corrected chi connectivity index (χ0v) is 9.76. The van der Waals surface area contributed by atoms with Gasteiger partial charge >= 0.3 is 0 Å². The molecule has 16 heavy (non-hydrogen) atoms. The Morgan fingerprint density at radius 3 is 3.12 bits per heavy atom. The molecule has 2 atom stereocenters. The largest absolute Gasteiger partial charge is 0.392 e. The molecule has 4 heteroatoms. The fraction of sp³-hybridized carbons (Fsp3) is 0.583. The average Bonchev–Trinajstić information content (AvgIpc) is 2.32. The molecule has 88 valence electrons. The highest BCUT2D eigenvalue weighted by atomic mass is 16.5. The van der Waals surface area contributed by atoms with Crippen LogP contribution < -0.4 is 4.90 Å². The number of pyridine rings is 1. The van der Waals surface area contributed by atoms with Gasteiger partial charge in [-0.25, -0.2) is 0 Å². The third kappa shape index (κ3) is 2.18. The molecule has 2 unspecified atom stereocenters. The van der Waals surface area contributed by atoms with Crippen molar-refractivity contribution in [3.8, 4) is 0 Å².